The molecule has 3 rings (SSSR count). The van der Waals surface area contributed by atoms with Gasteiger partial charge < -0.3 is 10.7 Å². The van der Waals surface area contributed by atoms with Crippen LogP contribution in [-0.4, -0.2) is 12.3 Å². The molecule has 0 spiro atoms. The van der Waals surface area contributed by atoms with Crippen molar-refractivity contribution in [3.05, 3.63) is 36.4 Å². The Hall–Kier alpha value is -1.51. The number of para-hydroxylation sites is 1. The van der Waals surface area contributed by atoms with Gasteiger partial charge in [0, 0.05) is 23.9 Å². The molecule has 2 radical (unpaired) electrons. The third-order valence-electron chi connectivity index (χ3n) is 3.17. The molecule has 16 heavy (non-hydrogen) atoms. The van der Waals surface area contributed by atoms with E-state index in [2.05, 4.69) is 40.6 Å². The molecule has 1 unspecified atom stereocenters. The summed E-state index contributed by atoms with van der Waals surface area (Å²) in [6, 6.07) is 8.41. The molecule has 0 fully saturated rings. The van der Waals surface area contributed by atoms with E-state index in [1.807, 2.05) is 6.07 Å². The molecule has 2 aliphatic heterocycles. The molecular weight excluding hydrogens is 198 g/mol. The van der Waals surface area contributed by atoms with E-state index >= 15 is 0 Å². The number of rotatable bonds is 1. The first-order valence-electron chi connectivity index (χ1n) is 5.82. The summed E-state index contributed by atoms with van der Waals surface area (Å²) >= 11 is 0. The highest BCUT2D eigenvalue weighted by Gasteiger charge is 2.24. The van der Waals surface area contributed by atoms with Gasteiger partial charge in [0.15, 0.2) is 0 Å². The standard InChI is InChI=1S/C13H15N3/c1-2-5-12-10(4-1)8-11(9-14-12)13-6-3-7-15-16-13/h1-2,4-5,11,14-15H,3,6-8H2. The van der Waals surface area contributed by atoms with Crippen molar-refractivity contribution in [2.24, 2.45) is 11.0 Å². The fourth-order valence-electron chi connectivity index (χ4n) is 2.27. The van der Waals surface area contributed by atoms with E-state index in [0.717, 1.165) is 19.4 Å². The summed E-state index contributed by atoms with van der Waals surface area (Å²) in [4.78, 5) is 0. The maximum atomic E-state index is 4.39. The number of nitrogens with one attached hydrogen (secondary N) is 2. The smallest absolute Gasteiger partial charge is 0.0979 e. The highest BCUT2D eigenvalue weighted by Crippen LogP contribution is 2.28. The van der Waals surface area contributed by atoms with Crippen LogP contribution in [-0.2, 0) is 6.42 Å². The van der Waals surface area contributed by atoms with Gasteiger partial charge in [0.1, 0.15) is 0 Å². The molecule has 0 bridgehead atoms. The van der Waals surface area contributed by atoms with Crippen molar-refractivity contribution < 1.29 is 0 Å². The van der Waals surface area contributed by atoms with Crippen LogP contribution >= 0.6 is 0 Å². The van der Waals surface area contributed by atoms with Crippen LogP contribution in [0.4, 0.5) is 5.69 Å². The van der Waals surface area contributed by atoms with Gasteiger partial charge in [-0.2, -0.15) is 5.10 Å². The minimum absolute atomic E-state index is 0.322. The van der Waals surface area contributed by atoms with E-state index in [-0.39, 0.29) is 0 Å². The number of hydrogen-bond acceptors (Lipinski definition) is 3. The SMILES string of the molecule is [C]1Nc2ccccc2CC1C1=NNCCC1. The zero-order valence-electron chi connectivity index (χ0n) is 9.16. The molecule has 0 saturated heterocycles. The topological polar surface area (TPSA) is 36.4 Å². The molecule has 0 amide bonds. The molecule has 3 nitrogen and oxygen atoms in total. The molecule has 3 heteroatoms. The first-order chi connectivity index (χ1) is 7.93. The van der Waals surface area contributed by atoms with Gasteiger partial charge in [0.25, 0.3) is 0 Å². The van der Waals surface area contributed by atoms with Gasteiger partial charge in [-0.1, -0.05) is 18.2 Å². The monoisotopic (exact) mass is 213 g/mol. The fraction of sp³-hybridized carbons (Fsp3) is 0.385. The van der Waals surface area contributed by atoms with Crippen LogP contribution in [0.25, 0.3) is 0 Å². The predicted molar refractivity (Wildman–Crippen MR) is 65.2 cm³/mol. The van der Waals surface area contributed by atoms with Crippen LogP contribution in [0.5, 0.6) is 0 Å². The Labute approximate surface area is 95.9 Å². The Morgan fingerprint density at radius 2 is 2.25 bits per heavy atom. The third kappa shape index (κ3) is 1.77. The first-order valence-corrected chi connectivity index (χ1v) is 5.82. The quantitative estimate of drug-likeness (QED) is 0.749. The molecule has 1 aromatic rings. The summed E-state index contributed by atoms with van der Waals surface area (Å²) in [5, 5.41) is 7.64. The Bertz CT molecular complexity index is 411. The lowest BCUT2D eigenvalue weighted by atomic mass is 9.88. The molecule has 82 valence electrons. The molecule has 0 saturated carbocycles. The molecule has 1 atom stereocenters. The number of anilines is 1. The van der Waals surface area contributed by atoms with E-state index in [4.69, 9.17) is 0 Å². The average molecular weight is 213 g/mol. The zero-order valence-corrected chi connectivity index (χ0v) is 9.16. The lowest BCUT2D eigenvalue weighted by molar-refractivity contribution is 0.622. The van der Waals surface area contributed by atoms with Crippen molar-refractivity contribution >= 4 is 11.4 Å². The van der Waals surface area contributed by atoms with E-state index < -0.39 is 0 Å². The lowest BCUT2D eigenvalue weighted by Gasteiger charge is -2.27. The second-order valence-corrected chi connectivity index (χ2v) is 4.30. The van der Waals surface area contributed by atoms with Crippen LogP contribution in [0.2, 0.25) is 0 Å². The minimum Gasteiger partial charge on any atom is -0.374 e. The largest absolute Gasteiger partial charge is 0.374 e. The van der Waals surface area contributed by atoms with Gasteiger partial charge in [-0.3, -0.25) is 0 Å². The van der Waals surface area contributed by atoms with Crippen molar-refractivity contribution in [1.82, 2.24) is 5.43 Å². The fourth-order valence-corrected chi connectivity index (χ4v) is 2.27. The molecular formula is C13H15N3. The summed E-state index contributed by atoms with van der Waals surface area (Å²) < 4.78 is 0. The van der Waals surface area contributed by atoms with Crippen molar-refractivity contribution in [3.8, 4) is 0 Å². The maximum Gasteiger partial charge on any atom is 0.0979 e. The molecule has 2 heterocycles. The Kier molecular flexibility index (Phi) is 2.52. The molecule has 2 aliphatic rings. The highest BCUT2D eigenvalue weighted by atomic mass is 15.3. The minimum atomic E-state index is 0.322. The zero-order chi connectivity index (χ0) is 10.8. The summed E-state index contributed by atoms with van der Waals surface area (Å²) in [5.41, 5.74) is 6.85. The number of benzene rings is 1. The van der Waals surface area contributed by atoms with Gasteiger partial charge >= 0.3 is 0 Å². The van der Waals surface area contributed by atoms with E-state index in [1.54, 1.807) is 0 Å². The number of hydrazone groups is 1. The van der Waals surface area contributed by atoms with Crippen molar-refractivity contribution in [2.75, 3.05) is 11.9 Å². The van der Waals surface area contributed by atoms with E-state index in [0.29, 0.717) is 5.92 Å². The molecule has 2 N–H and O–H groups in total. The third-order valence-corrected chi connectivity index (χ3v) is 3.17. The van der Waals surface area contributed by atoms with Crippen molar-refractivity contribution in [2.45, 2.75) is 19.3 Å². The number of nitrogens with zero attached hydrogens (tertiary/aromatic N) is 1. The Morgan fingerprint density at radius 1 is 1.31 bits per heavy atom. The van der Waals surface area contributed by atoms with Gasteiger partial charge in [0.2, 0.25) is 0 Å². The lowest BCUT2D eigenvalue weighted by Crippen LogP contribution is -2.30. The van der Waals surface area contributed by atoms with Crippen LogP contribution in [0.3, 0.4) is 0 Å². The highest BCUT2D eigenvalue weighted by molar-refractivity contribution is 5.89. The van der Waals surface area contributed by atoms with Gasteiger partial charge in [-0.25, -0.2) is 0 Å². The molecule has 0 aromatic heterocycles. The van der Waals surface area contributed by atoms with Crippen molar-refractivity contribution in [3.63, 3.8) is 0 Å². The molecule has 1 aromatic carbocycles. The number of fused-ring (bicyclic) bond motifs is 1. The first kappa shape index (κ1) is 9.70. The summed E-state index contributed by atoms with van der Waals surface area (Å²) in [7, 11) is 0. The maximum absolute atomic E-state index is 4.39. The van der Waals surface area contributed by atoms with Crippen LogP contribution < -0.4 is 10.7 Å². The molecule has 0 aliphatic carbocycles. The predicted octanol–water partition coefficient (Wildman–Crippen LogP) is 2.05. The Morgan fingerprint density at radius 3 is 3.12 bits per heavy atom. The second-order valence-electron chi connectivity index (χ2n) is 4.30. The van der Waals surface area contributed by atoms with Crippen LogP contribution in [0, 0.1) is 12.5 Å². The number of hydrogen-bond donors (Lipinski definition) is 2. The van der Waals surface area contributed by atoms with Gasteiger partial charge in [-0.05, 0) is 30.9 Å². The second kappa shape index (κ2) is 4.16. The van der Waals surface area contributed by atoms with Gasteiger partial charge in [0.05, 0.1) is 6.54 Å². The Balaban J connectivity index is 1.79. The van der Waals surface area contributed by atoms with Crippen LogP contribution in [0.1, 0.15) is 18.4 Å². The van der Waals surface area contributed by atoms with E-state index in [9.17, 15) is 0 Å². The summed E-state index contributed by atoms with van der Waals surface area (Å²) in [5.74, 6) is 0.322. The summed E-state index contributed by atoms with van der Waals surface area (Å²) in [6.07, 6.45) is 3.29. The average Bonchev–Trinajstić information content (AvgIpc) is 2.39. The van der Waals surface area contributed by atoms with E-state index in [1.165, 1.54) is 23.4 Å². The van der Waals surface area contributed by atoms with Gasteiger partial charge in [-0.15, -0.1) is 0 Å². The summed E-state index contributed by atoms with van der Waals surface area (Å²) in [6.45, 7) is 4.32. The van der Waals surface area contributed by atoms with Crippen LogP contribution in [0.15, 0.2) is 29.4 Å². The van der Waals surface area contributed by atoms with Crippen molar-refractivity contribution in [1.29, 1.82) is 0 Å². The normalized spacial score (nSPS) is 23.8.